The molecule has 0 aromatic carbocycles. The van der Waals surface area contributed by atoms with E-state index in [1.807, 2.05) is 13.8 Å². The normalized spacial score (nSPS) is 23.5. The van der Waals surface area contributed by atoms with Crippen LogP contribution in [-0.4, -0.2) is 49.4 Å². The van der Waals surface area contributed by atoms with Crippen LogP contribution in [0.2, 0.25) is 0 Å². The summed E-state index contributed by atoms with van der Waals surface area (Å²) in [4.78, 5) is 25.5. The summed E-state index contributed by atoms with van der Waals surface area (Å²) in [5.41, 5.74) is 0. The first-order chi connectivity index (χ1) is 8.60. The Morgan fingerprint density at radius 1 is 1.33 bits per heavy atom. The van der Waals surface area contributed by atoms with Crippen LogP contribution >= 0.6 is 0 Å². The summed E-state index contributed by atoms with van der Waals surface area (Å²) in [5, 5.41) is 6.04. The average Bonchev–Trinajstić information content (AvgIpc) is 2.38. The van der Waals surface area contributed by atoms with Gasteiger partial charge in [0, 0.05) is 19.0 Å². The standard InChI is InChI=1S/C13H25N3O2/c1-4-16(5-2)12(17)9-15-13(18)11-6-7-14-8-10(11)3/h10-11,14H,4-9H2,1-3H3,(H,15,18). The molecule has 1 fully saturated rings. The molecule has 1 saturated heterocycles. The zero-order valence-corrected chi connectivity index (χ0v) is 11.7. The molecule has 5 nitrogen and oxygen atoms in total. The van der Waals surface area contributed by atoms with Crippen molar-refractivity contribution >= 4 is 11.8 Å². The Morgan fingerprint density at radius 3 is 2.56 bits per heavy atom. The molecule has 0 saturated carbocycles. The molecule has 104 valence electrons. The molecule has 0 aromatic heterocycles. The van der Waals surface area contributed by atoms with Gasteiger partial charge in [-0.1, -0.05) is 6.92 Å². The quantitative estimate of drug-likeness (QED) is 0.738. The van der Waals surface area contributed by atoms with Crippen LogP contribution in [0, 0.1) is 11.8 Å². The Hall–Kier alpha value is -1.10. The van der Waals surface area contributed by atoms with Crippen LogP contribution in [0.1, 0.15) is 27.2 Å². The van der Waals surface area contributed by atoms with E-state index in [-0.39, 0.29) is 24.3 Å². The minimum atomic E-state index is -0.00469. The van der Waals surface area contributed by atoms with Gasteiger partial charge in [-0.25, -0.2) is 0 Å². The van der Waals surface area contributed by atoms with Gasteiger partial charge in [0.25, 0.3) is 0 Å². The number of piperidine rings is 1. The molecule has 1 heterocycles. The van der Waals surface area contributed by atoms with Crippen LogP contribution in [0.15, 0.2) is 0 Å². The maximum absolute atomic E-state index is 12.0. The number of nitrogens with one attached hydrogen (secondary N) is 2. The number of hydrogen-bond donors (Lipinski definition) is 2. The lowest BCUT2D eigenvalue weighted by molar-refractivity contribution is -0.134. The van der Waals surface area contributed by atoms with Crippen LogP contribution < -0.4 is 10.6 Å². The lowest BCUT2D eigenvalue weighted by Crippen LogP contribution is -2.46. The van der Waals surface area contributed by atoms with E-state index in [0.29, 0.717) is 19.0 Å². The Bertz CT molecular complexity index is 290. The summed E-state index contributed by atoms with van der Waals surface area (Å²) in [5.74, 6) is 0.387. The fourth-order valence-electron chi connectivity index (χ4n) is 2.39. The second-order valence-electron chi connectivity index (χ2n) is 4.86. The molecule has 1 rings (SSSR count). The number of hydrogen-bond acceptors (Lipinski definition) is 3. The lowest BCUT2D eigenvalue weighted by atomic mass is 9.87. The predicted octanol–water partition coefficient (Wildman–Crippen LogP) is 0.217. The van der Waals surface area contributed by atoms with E-state index in [4.69, 9.17) is 0 Å². The van der Waals surface area contributed by atoms with Crippen molar-refractivity contribution in [1.82, 2.24) is 15.5 Å². The van der Waals surface area contributed by atoms with Gasteiger partial charge in [0.15, 0.2) is 0 Å². The van der Waals surface area contributed by atoms with Crippen LogP contribution in [-0.2, 0) is 9.59 Å². The molecule has 0 aromatic rings. The molecular formula is C13H25N3O2. The summed E-state index contributed by atoms with van der Waals surface area (Å²) >= 11 is 0. The number of amides is 2. The van der Waals surface area contributed by atoms with Crippen molar-refractivity contribution in [3.05, 3.63) is 0 Å². The maximum Gasteiger partial charge on any atom is 0.241 e. The molecule has 0 aliphatic carbocycles. The van der Waals surface area contributed by atoms with Gasteiger partial charge >= 0.3 is 0 Å². The summed E-state index contributed by atoms with van der Waals surface area (Å²) in [6, 6.07) is 0. The highest BCUT2D eigenvalue weighted by Gasteiger charge is 2.27. The summed E-state index contributed by atoms with van der Waals surface area (Å²) in [7, 11) is 0. The molecule has 2 atom stereocenters. The second-order valence-corrected chi connectivity index (χ2v) is 4.86. The Balaban J connectivity index is 2.38. The van der Waals surface area contributed by atoms with E-state index in [1.165, 1.54) is 0 Å². The van der Waals surface area contributed by atoms with Gasteiger partial charge in [-0.3, -0.25) is 9.59 Å². The highest BCUT2D eigenvalue weighted by atomic mass is 16.2. The molecule has 0 radical (unpaired) electrons. The molecule has 1 aliphatic rings. The van der Waals surface area contributed by atoms with Gasteiger partial charge < -0.3 is 15.5 Å². The lowest BCUT2D eigenvalue weighted by Gasteiger charge is -2.28. The highest BCUT2D eigenvalue weighted by molar-refractivity contribution is 5.86. The zero-order chi connectivity index (χ0) is 13.5. The predicted molar refractivity (Wildman–Crippen MR) is 71.1 cm³/mol. The average molecular weight is 255 g/mol. The van der Waals surface area contributed by atoms with Gasteiger partial charge in [-0.15, -0.1) is 0 Å². The fraction of sp³-hybridized carbons (Fsp3) is 0.846. The SMILES string of the molecule is CCN(CC)C(=O)CNC(=O)C1CCNCC1C. The third-order valence-corrected chi connectivity index (χ3v) is 3.65. The van der Waals surface area contributed by atoms with Gasteiger partial charge in [-0.2, -0.15) is 0 Å². The van der Waals surface area contributed by atoms with E-state index in [2.05, 4.69) is 17.6 Å². The first-order valence-electron chi connectivity index (χ1n) is 6.86. The minimum Gasteiger partial charge on any atom is -0.347 e. The molecule has 2 amide bonds. The van der Waals surface area contributed by atoms with Crippen molar-refractivity contribution in [3.63, 3.8) is 0 Å². The number of carbonyl (C=O) groups is 2. The summed E-state index contributed by atoms with van der Waals surface area (Å²) in [6.45, 7) is 9.22. The molecule has 0 bridgehead atoms. The minimum absolute atomic E-state index is 0.00469. The van der Waals surface area contributed by atoms with Crippen molar-refractivity contribution < 1.29 is 9.59 Å². The Labute approximate surface area is 109 Å². The van der Waals surface area contributed by atoms with Crippen LogP contribution in [0.4, 0.5) is 0 Å². The number of likely N-dealkylation sites (N-methyl/N-ethyl adjacent to an activating group) is 1. The second kappa shape index (κ2) is 7.36. The van der Waals surface area contributed by atoms with Crippen LogP contribution in [0.3, 0.4) is 0 Å². The van der Waals surface area contributed by atoms with Crippen molar-refractivity contribution in [3.8, 4) is 0 Å². The molecule has 2 unspecified atom stereocenters. The van der Waals surface area contributed by atoms with Crippen LogP contribution in [0.5, 0.6) is 0 Å². The zero-order valence-electron chi connectivity index (χ0n) is 11.7. The van der Waals surface area contributed by atoms with E-state index >= 15 is 0 Å². The van der Waals surface area contributed by atoms with Crippen molar-refractivity contribution in [2.45, 2.75) is 27.2 Å². The van der Waals surface area contributed by atoms with E-state index in [1.54, 1.807) is 4.90 Å². The molecular weight excluding hydrogens is 230 g/mol. The Kier molecular flexibility index (Phi) is 6.12. The van der Waals surface area contributed by atoms with Gasteiger partial charge in [0.1, 0.15) is 0 Å². The topological polar surface area (TPSA) is 61.4 Å². The van der Waals surface area contributed by atoms with Gasteiger partial charge in [-0.05, 0) is 39.3 Å². The smallest absolute Gasteiger partial charge is 0.241 e. The highest BCUT2D eigenvalue weighted by Crippen LogP contribution is 2.18. The van der Waals surface area contributed by atoms with Gasteiger partial charge in [0.05, 0.1) is 6.54 Å². The van der Waals surface area contributed by atoms with Crippen LogP contribution in [0.25, 0.3) is 0 Å². The summed E-state index contributed by atoms with van der Waals surface area (Å²) in [6.07, 6.45) is 0.854. The summed E-state index contributed by atoms with van der Waals surface area (Å²) < 4.78 is 0. The fourth-order valence-corrected chi connectivity index (χ4v) is 2.39. The number of nitrogens with zero attached hydrogens (tertiary/aromatic N) is 1. The first-order valence-corrected chi connectivity index (χ1v) is 6.86. The van der Waals surface area contributed by atoms with Crippen molar-refractivity contribution in [1.29, 1.82) is 0 Å². The van der Waals surface area contributed by atoms with E-state index in [0.717, 1.165) is 19.5 Å². The Morgan fingerprint density at radius 2 is 2.00 bits per heavy atom. The first kappa shape index (κ1) is 15.0. The number of carbonyl (C=O) groups excluding carboxylic acids is 2. The molecule has 5 heteroatoms. The molecule has 0 spiro atoms. The maximum atomic E-state index is 12.0. The van der Waals surface area contributed by atoms with E-state index in [9.17, 15) is 9.59 Å². The number of rotatable bonds is 5. The third kappa shape index (κ3) is 3.98. The van der Waals surface area contributed by atoms with Crippen molar-refractivity contribution in [2.75, 3.05) is 32.7 Å². The molecule has 1 aliphatic heterocycles. The van der Waals surface area contributed by atoms with E-state index < -0.39 is 0 Å². The monoisotopic (exact) mass is 255 g/mol. The third-order valence-electron chi connectivity index (χ3n) is 3.65. The van der Waals surface area contributed by atoms with Gasteiger partial charge in [0.2, 0.25) is 11.8 Å². The largest absolute Gasteiger partial charge is 0.347 e. The van der Waals surface area contributed by atoms with Crippen molar-refractivity contribution in [2.24, 2.45) is 11.8 Å². The molecule has 2 N–H and O–H groups in total. The molecule has 18 heavy (non-hydrogen) atoms.